The molecule has 4 rings (SSSR count). The summed E-state index contributed by atoms with van der Waals surface area (Å²) in [4.78, 5) is 9.57. The van der Waals surface area contributed by atoms with E-state index in [1.165, 1.54) is 44.8 Å². The van der Waals surface area contributed by atoms with Crippen LogP contribution in [-0.4, -0.2) is 9.97 Å². The van der Waals surface area contributed by atoms with Gasteiger partial charge in [-0.2, -0.15) is 0 Å². The molecule has 1 aromatic heterocycles. The minimum atomic E-state index is 0.881. The molecule has 0 unspecified atom stereocenters. The zero-order chi connectivity index (χ0) is 17.4. The van der Waals surface area contributed by atoms with Crippen LogP contribution in [0.15, 0.2) is 42.5 Å². The quantitative estimate of drug-likeness (QED) is 0.522. The highest BCUT2D eigenvalue weighted by Crippen LogP contribution is 2.39. The van der Waals surface area contributed by atoms with Crippen LogP contribution in [0.2, 0.25) is 0 Å². The molecule has 1 aliphatic carbocycles. The van der Waals surface area contributed by atoms with Crippen LogP contribution in [0.1, 0.15) is 53.3 Å². The highest BCUT2D eigenvalue weighted by atomic mass is 14.9. The van der Waals surface area contributed by atoms with Gasteiger partial charge >= 0.3 is 0 Å². The number of fused-ring (bicyclic) bond motifs is 3. The fraction of sp³-hybridized carbons (Fsp3) is 0.304. The molecule has 0 radical (unpaired) electrons. The minimum Gasteiger partial charge on any atom is -0.238 e. The lowest BCUT2D eigenvalue weighted by Gasteiger charge is -2.14. The van der Waals surface area contributed by atoms with E-state index in [4.69, 9.17) is 9.97 Å². The van der Waals surface area contributed by atoms with Crippen molar-refractivity contribution < 1.29 is 0 Å². The van der Waals surface area contributed by atoms with Gasteiger partial charge in [-0.05, 0) is 53.1 Å². The second-order valence-corrected chi connectivity index (χ2v) is 6.83. The molecule has 0 fully saturated rings. The maximum atomic E-state index is 4.87. The van der Waals surface area contributed by atoms with Crippen LogP contribution in [0.4, 0.5) is 0 Å². The zero-order valence-corrected chi connectivity index (χ0v) is 15.3. The first-order chi connectivity index (χ1) is 12.2. The number of hydrogen-bond acceptors (Lipinski definition) is 2. The fourth-order valence-corrected chi connectivity index (χ4v) is 3.94. The van der Waals surface area contributed by atoms with Gasteiger partial charge in [0.1, 0.15) is 5.82 Å². The third-order valence-corrected chi connectivity index (χ3v) is 5.31. The summed E-state index contributed by atoms with van der Waals surface area (Å²) in [7, 11) is 0. The topological polar surface area (TPSA) is 25.8 Å². The Morgan fingerprint density at radius 1 is 0.840 bits per heavy atom. The summed E-state index contributed by atoms with van der Waals surface area (Å²) in [5.74, 6) is 0.963. The molecule has 3 aromatic rings. The van der Waals surface area contributed by atoms with Crippen molar-refractivity contribution in [3.63, 3.8) is 0 Å². The minimum absolute atomic E-state index is 0.881. The van der Waals surface area contributed by atoms with E-state index in [1.807, 2.05) is 0 Å². The molecule has 1 heterocycles. The molecule has 2 nitrogen and oxygen atoms in total. The maximum Gasteiger partial charge on any atom is 0.128 e. The molecule has 0 amide bonds. The Hall–Kier alpha value is -2.48. The van der Waals surface area contributed by atoms with Gasteiger partial charge in [0.15, 0.2) is 0 Å². The van der Waals surface area contributed by atoms with E-state index in [0.29, 0.717) is 0 Å². The number of nitrogens with zero attached hydrogens (tertiary/aromatic N) is 2. The third kappa shape index (κ3) is 2.76. The van der Waals surface area contributed by atoms with Crippen molar-refractivity contribution in [1.29, 1.82) is 0 Å². The van der Waals surface area contributed by atoms with Crippen molar-refractivity contribution in [2.24, 2.45) is 0 Å². The van der Waals surface area contributed by atoms with Crippen molar-refractivity contribution in [3.05, 3.63) is 81.9 Å². The predicted molar refractivity (Wildman–Crippen MR) is 103 cm³/mol. The Balaban J connectivity index is 1.81. The molecule has 1 aliphatic rings. The molecule has 0 saturated heterocycles. The molecule has 0 aliphatic heterocycles. The Morgan fingerprint density at radius 3 is 2.40 bits per heavy atom. The van der Waals surface area contributed by atoms with Gasteiger partial charge in [-0.25, -0.2) is 9.97 Å². The molecular weight excluding hydrogens is 304 g/mol. The predicted octanol–water partition coefficient (Wildman–Crippen LogP) is 5.07. The Bertz CT molecular complexity index is 941. The highest BCUT2D eigenvalue weighted by Gasteiger charge is 2.21. The number of rotatable bonds is 4. The lowest BCUT2D eigenvalue weighted by molar-refractivity contribution is 0.836. The molecule has 0 bridgehead atoms. The molecule has 0 atom stereocenters. The molecule has 2 heteroatoms. The summed E-state index contributed by atoms with van der Waals surface area (Å²) in [6.45, 7) is 6.48. The second-order valence-electron chi connectivity index (χ2n) is 6.83. The molecule has 2 aromatic carbocycles. The summed E-state index contributed by atoms with van der Waals surface area (Å²) >= 11 is 0. The van der Waals surface area contributed by atoms with Crippen molar-refractivity contribution in [3.8, 4) is 11.1 Å². The van der Waals surface area contributed by atoms with Crippen molar-refractivity contribution in [1.82, 2.24) is 9.97 Å². The van der Waals surface area contributed by atoms with Crippen LogP contribution >= 0.6 is 0 Å². The lowest BCUT2D eigenvalue weighted by Crippen LogP contribution is -2.08. The molecule has 0 spiro atoms. The lowest BCUT2D eigenvalue weighted by atomic mass is 9.94. The van der Waals surface area contributed by atoms with E-state index >= 15 is 0 Å². The van der Waals surface area contributed by atoms with E-state index in [9.17, 15) is 0 Å². The average Bonchev–Trinajstić information content (AvgIpc) is 3.03. The Labute approximate surface area is 150 Å². The van der Waals surface area contributed by atoms with Crippen molar-refractivity contribution in [2.75, 3.05) is 0 Å². The standard InChI is InChI=1S/C23H24N2/c1-4-20-15(3)21(25-22(5-2)24-20)14-18-11-8-10-17-13-16-9-6-7-12-19(16)23(17)18/h6-12H,4-5,13-14H2,1-3H3. The van der Waals surface area contributed by atoms with Crippen LogP contribution in [0.5, 0.6) is 0 Å². The first kappa shape index (κ1) is 16.0. The molecule has 126 valence electrons. The van der Waals surface area contributed by atoms with E-state index in [2.05, 4.69) is 63.2 Å². The maximum absolute atomic E-state index is 4.87. The van der Waals surface area contributed by atoms with E-state index in [1.54, 1.807) is 0 Å². The van der Waals surface area contributed by atoms with E-state index in [-0.39, 0.29) is 0 Å². The summed E-state index contributed by atoms with van der Waals surface area (Å²) in [5.41, 5.74) is 10.7. The number of benzene rings is 2. The second kappa shape index (κ2) is 6.44. The van der Waals surface area contributed by atoms with E-state index in [0.717, 1.165) is 31.5 Å². The first-order valence-corrected chi connectivity index (χ1v) is 9.25. The monoisotopic (exact) mass is 328 g/mol. The molecule has 0 N–H and O–H groups in total. The van der Waals surface area contributed by atoms with Gasteiger partial charge in [0.25, 0.3) is 0 Å². The Kier molecular flexibility index (Phi) is 4.12. The van der Waals surface area contributed by atoms with Gasteiger partial charge in [0.05, 0.1) is 5.69 Å². The Morgan fingerprint density at radius 2 is 1.60 bits per heavy atom. The number of aryl methyl sites for hydroxylation is 2. The van der Waals surface area contributed by atoms with E-state index < -0.39 is 0 Å². The van der Waals surface area contributed by atoms with Crippen LogP contribution in [0, 0.1) is 6.92 Å². The van der Waals surface area contributed by atoms with Gasteiger partial charge in [-0.3, -0.25) is 0 Å². The molecule has 25 heavy (non-hydrogen) atoms. The highest BCUT2D eigenvalue weighted by molar-refractivity contribution is 5.79. The summed E-state index contributed by atoms with van der Waals surface area (Å²) in [5, 5.41) is 0. The van der Waals surface area contributed by atoms with Crippen LogP contribution in [0.25, 0.3) is 11.1 Å². The zero-order valence-electron chi connectivity index (χ0n) is 15.3. The van der Waals surface area contributed by atoms with Crippen LogP contribution in [-0.2, 0) is 25.7 Å². The normalized spacial score (nSPS) is 12.1. The van der Waals surface area contributed by atoms with Gasteiger partial charge in [-0.1, -0.05) is 56.3 Å². The summed E-state index contributed by atoms with van der Waals surface area (Å²) in [6.07, 6.45) is 3.77. The SMILES string of the molecule is CCc1nc(CC)c(C)c(Cc2cccc3c2-c2ccccc2C3)n1. The van der Waals surface area contributed by atoms with Gasteiger partial charge in [-0.15, -0.1) is 0 Å². The molecular formula is C23H24N2. The average molecular weight is 328 g/mol. The largest absolute Gasteiger partial charge is 0.238 e. The van der Waals surface area contributed by atoms with Gasteiger partial charge < -0.3 is 0 Å². The van der Waals surface area contributed by atoms with Gasteiger partial charge in [0.2, 0.25) is 0 Å². The van der Waals surface area contributed by atoms with Crippen LogP contribution < -0.4 is 0 Å². The van der Waals surface area contributed by atoms with Crippen molar-refractivity contribution in [2.45, 2.75) is 46.5 Å². The summed E-state index contributed by atoms with van der Waals surface area (Å²) in [6, 6.07) is 15.5. The summed E-state index contributed by atoms with van der Waals surface area (Å²) < 4.78 is 0. The molecule has 0 saturated carbocycles. The van der Waals surface area contributed by atoms with Crippen LogP contribution in [0.3, 0.4) is 0 Å². The third-order valence-electron chi connectivity index (χ3n) is 5.31. The van der Waals surface area contributed by atoms with Crippen molar-refractivity contribution >= 4 is 0 Å². The fourth-order valence-electron chi connectivity index (χ4n) is 3.94. The smallest absolute Gasteiger partial charge is 0.128 e. The van der Waals surface area contributed by atoms with Gasteiger partial charge in [0, 0.05) is 18.5 Å². The number of hydrogen-bond donors (Lipinski definition) is 0. The first-order valence-electron chi connectivity index (χ1n) is 9.25. The number of aromatic nitrogens is 2.